The molecule has 2 aromatic heterocycles. The average molecular weight is 371 g/mol. The zero-order valence-electron chi connectivity index (χ0n) is 15.2. The van der Waals surface area contributed by atoms with Gasteiger partial charge in [0.25, 0.3) is 0 Å². The zero-order valence-corrected chi connectivity index (χ0v) is 16.0. The molecular weight excluding hydrogens is 344 g/mol. The summed E-state index contributed by atoms with van der Waals surface area (Å²) >= 11 is 5.79. The maximum Gasteiger partial charge on any atom is 0.170 e. The van der Waals surface area contributed by atoms with Crippen LogP contribution in [0.4, 0.5) is 0 Å². The largest absolute Gasteiger partial charge is 0.383 e. The molecule has 2 unspecified atom stereocenters. The first-order chi connectivity index (χ1) is 12.8. The van der Waals surface area contributed by atoms with Gasteiger partial charge in [0.1, 0.15) is 0 Å². The van der Waals surface area contributed by atoms with E-state index < -0.39 is 0 Å². The van der Waals surface area contributed by atoms with Crippen molar-refractivity contribution in [2.75, 3.05) is 13.7 Å². The molecule has 138 valence electrons. The highest BCUT2D eigenvalue weighted by Gasteiger charge is 2.44. The van der Waals surface area contributed by atoms with Gasteiger partial charge < -0.3 is 19.5 Å². The van der Waals surface area contributed by atoms with Crippen molar-refractivity contribution >= 4 is 17.3 Å². The first-order valence-corrected chi connectivity index (χ1v) is 9.84. The molecule has 0 radical (unpaired) electrons. The lowest BCUT2D eigenvalue weighted by molar-refractivity contribution is 0.181. The molecule has 1 saturated heterocycles. The number of rotatable bonds is 6. The molecule has 2 aromatic rings. The molecule has 1 aliphatic carbocycles. The number of methoxy groups -OCH3 is 1. The van der Waals surface area contributed by atoms with Crippen LogP contribution in [-0.2, 0) is 11.3 Å². The van der Waals surface area contributed by atoms with Crippen LogP contribution in [0.2, 0.25) is 0 Å². The van der Waals surface area contributed by atoms with Crippen molar-refractivity contribution in [1.29, 1.82) is 0 Å². The number of aromatic nitrogens is 2. The van der Waals surface area contributed by atoms with Crippen molar-refractivity contribution < 1.29 is 4.74 Å². The third-order valence-corrected chi connectivity index (χ3v) is 5.89. The Morgan fingerprint density at radius 1 is 1.23 bits per heavy atom. The number of hydrogen-bond acceptors (Lipinski definition) is 3. The third kappa shape index (κ3) is 3.23. The summed E-state index contributed by atoms with van der Waals surface area (Å²) in [7, 11) is 1.75. The minimum Gasteiger partial charge on any atom is -0.383 e. The summed E-state index contributed by atoms with van der Waals surface area (Å²) in [6, 6.07) is 11.2. The zero-order chi connectivity index (χ0) is 17.9. The highest BCUT2D eigenvalue weighted by atomic mass is 32.1. The first kappa shape index (κ1) is 17.5. The molecular formula is C20H26N4OS. The molecule has 2 fully saturated rings. The lowest BCUT2D eigenvalue weighted by Gasteiger charge is -2.33. The van der Waals surface area contributed by atoms with E-state index in [0.29, 0.717) is 12.6 Å². The molecule has 4 rings (SSSR count). The van der Waals surface area contributed by atoms with Gasteiger partial charge in [-0.25, -0.2) is 0 Å². The van der Waals surface area contributed by atoms with Gasteiger partial charge in [0.2, 0.25) is 0 Å². The molecule has 0 bridgehead atoms. The predicted molar refractivity (Wildman–Crippen MR) is 106 cm³/mol. The van der Waals surface area contributed by atoms with E-state index in [9.17, 15) is 0 Å². The van der Waals surface area contributed by atoms with Crippen LogP contribution in [0.3, 0.4) is 0 Å². The van der Waals surface area contributed by atoms with Gasteiger partial charge in [0, 0.05) is 37.8 Å². The second kappa shape index (κ2) is 7.76. The Labute approximate surface area is 160 Å². The van der Waals surface area contributed by atoms with Gasteiger partial charge in [-0.2, -0.15) is 0 Å². The lowest BCUT2D eigenvalue weighted by atomic mass is 9.99. The summed E-state index contributed by atoms with van der Waals surface area (Å²) in [6.45, 7) is 1.54. The fourth-order valence-electron chi connectivity index (χ4n) is 4.35. The molecule has 1 aliphatic heterocycles. The molecule has 0 amide bonds. The molecule has 1 N–H and O–H groups in total. The first-order valence-electron chi connectivity index (χ1n) is 9.43. The third-order valence-electron chi connectivity index (χ3n) is 5.56. The molecule has 2 atom stereocenters. The van der Waals surface area contributed by atoms with E-state index in [2.05, 4.69) is 44.2 Å². The second-order valence-electron chi connectivity index (χ2n) is 7.09. The molecule has 1 saturated carbocycles. The highest BCUT2D eigenvalue weighted by molar-refractivity contribution is 7.80. The van der Waals surface area contributed by atoms with Crippen molar-refractivity contribution in [2.24, 2.45) is 0 Å². The Kier molecular flexibility index (Phi) is 5.22. The maximum atomic E-state index is 5.79. The molecule has 0 aromatic carbocycles. The van der Waals surface area contributed by atoms with Gasteiger partial charge in [0.15, 0.2) is 5.11 Å². The summed E-state index contributed by atoms with van der Waals surface area (Å²) in [5.41, 5.74) is 2.32. The van der Waals surface area contributed by atoms with Crippen LogP contribution in [0.5, 0.6) is 0 Å². The van der Waals surface area contributed by atoms with Crippen LogP contribution in [0.25, 0.3) is 0 Å². The van der Waals surface area contributed by atoms with E-state index in [0.717, 1.165) is 17.4 Å². The standard InChI is InChI=1S/C20H26N4OS/c1-25-14-13-23-12-6-10-17(23)19-18(16-9-4-5-11-21-16)22-20(26)24(19)15-7-2-3-8-15/h4-6,9-12,15,18-19H,2-3,7-8,13-14H2,1H3,(H,22,26). The summed E-state index contributed by atoms with van der Waals surface area (Å²) in [5.74, 6) is 0. The van der Waals surface area contributed by atoms with Crippen molar-refractivity contribution in [3.05, 3.63) is 54.1 Å². The summed E-state index contributed by atoms with van der Waals surface area (Å²) in [4.78, 5) is 7.07. The van der Waals surface area contributed by atoms with Gasteiger partial charge >= 0.3 is 0 Å². The van der Waals surface area contributed by atoms with E-state index in [4.69, 9.17) is 17.0 Å². The van der Waals surface area contributed by atoms with Gasteiger partial charge in [-0.1, -0.05) is 18.9 Å². The number of ether oxygens (including phenoxy) is 1. The monoisotopic (exact) mass is 370 g/mol. The molecule has 3 heterocycles. The quantitative estimate of drug-likeness (QED) is 0.789. The Bertz CT molecular complexity index is 741. The minimum atomic E-state index is 0.0699. The molecule has 26 heavy (non-hydrogen) atoms. The fourth-order valence-corrected chi connectivity index (χ4v) is 4.74. The summed E-state index contributed by atoms with van der Waals surface area (Å²) < 4.78 is 7.60. The van der Waals surface area contributed by atoms with Crippen LogP contribution in [0, 0.1) is 0 Å². The van der Waals surface area contributed by atoms with Crippen molar-refractivity contribution in [3.63, 3.8) is 0 Å². The number of hydrogen-bond donors (Lipinski definition) is 1. The molecule has 5 nitrogen and oxygen atoms in total. The Balaban J connectivity index is 1.73. The summed E-state index contributed by atoms with van der Waals surface area (Å²) in [6.07, 6.45) is 9.00. The van der Waals surface area contributed by atoms with E-state index >= 15 is 0 Å². The fraction of sp³-hybridized carbons (Fsp3) is 0.500. The molecule has 0 spiro atoms. The summed E-state index contributed by atoms with van der Waals surface area (Å²) in [5, 5.41) is 4.43. The number of pyridine rings is 1. The maximum absolute atomic E-state index is 5.79. The van der Waals surface area contributed by atoms with E-state index in [-0.39, 0.29) is 12.1 Å². The van der Waals surface area contributed by atoms with Crippen LogP contribution in [0.1, 0.15) is 49.2 Å². The number of nitrogens with one attached hydrogen (secondary N) is 1. The molecule has 2 aliphatic rings. The Morgan fingerprint density at radius 3 is 2.81 bits per heavy atom. The van der Waals surface area contributed by atoms with Crippen molar-refractivity contribution in [3.8, 4) is 0 Å². The Hall–Kier alpha value is -1.92. The van der Waals surface area contributed by atoms with Crippen LogP contribution < -0.4 is 5.32 Å². The molecule has 6 heteroatoms. The SMILES string of the molecule is COCCn1cccc1C1C(c2ccccn2)NC(=S)N1C1CCCC1. The topological polar surface area (TPSA) is 42.3 Å². The van der Waals surface area contributed by atoms with E-state index in [1.165, 1.54) is 31.4 Å². The minimum absolute atomic E-state index is 0.0699. The van der Waals surface area contributed by atoms with Gasteiger partial charge in [-0.15, -0.1) is 0 Å². The van der Waals surface area contributed by atoms with Crippen LogP contribution in [0.15, 0.2) is 42.7 Å². The Morgan fingerprint density at radius 2 is 2.08 bits per heavy atom. The van der Waals surface area contributed by atoms with Crippen molar-refractivity contribution in [2.45, 2.75) is 50.4 Å². The number of thiocarbonyl (C=S) groups is 1. The van der Waals surface area contributed by atoms with Crippen molar-refractivity contribution in [1.82, 2.24) is 19.8 Å². The van der Waals surface area contributed by atoms with Gasteiger partial charge in [-0.05, 0) is 49.3 Å². The average Bonchev–Trinajstić information content (AvgIpc) is 3.39. The van der Waals surface area contributed by atoms with Crippen LogP contribution in [-0.4, -0.2) is 39.3 Å². The van der Waals surface area contributed by atoms with E-state index in [1.54, 1.807) is 7.11 Å². The predicted octanol–water partition coefficient (Wildman–Crippen LogP) is 3.44. The number of nitrogens with zero attached hydrogens (tertiary/aromatic N) is 3. The highest BCUT2D eigenvalue weighted by Crippen LogP contribution is 2.42. The van der Waals surface area contributed by atoms with Crippen LogP contribution >= 0.6 is 12.2 Å². The second-order valence-corrected chi connectivity index (χ2v) is 7.48. The van der Waals surface area contributed by atoms with E-state index in [1.807, 2.05) is 18.3 Å². The normalized spacial score (nSPS) is 23.6. The lowest BCUT2D eigenvalue weighted by Crippen LogP contribution is -2.38. The van der Waals surface area contributed by atoms with Gasteiger partial charge in [0.05, 0.1) is 24.4 Å². The van der Waals surface area contributed by atoms with Gasteiger partial charge in [-0.3, -0.25) is 4.98 Å². The smallest absolute Gasteiger partial charge is 0.170 e.